The quantitative estimate of drug-likeness (QED) is 0.669. The van der Waals surface area contributed by atoms with Crippen molar-refractivity contribution in [2.75, 3.05) is 31.6 Å². The first-order chi connectivity index (χ1) is 14.0. The number of likely N-dealkylation sites (N-methyl/N-ethyl adjacent to an activating group) is 1. The summed E-state index contributed by atoms with van der Waals surface area (Å²) in [6.45, 7) is 0.896. The molecule has 1 fully saturated rings. The van der Waals surface area contributed by atoms with Gasteiger partial charge in [0.2, 0.25) is 5.95 Å². The highest BCUT2D eigenvalue weighted by molar-refractivity contribution is 6.31. The zero-order valence-corrected chi connectivity index (χ0v) is 16.8. The van der Waals surface area contributed by atoms with Gasteiger partial charge in [-0.15, -0.1) is 0 Å². The Bertz CT molecular complexity index is 840. The van der Waals surface area contributed by atoms with Crippen LogP contribution in [0.1, 0.15) is 18.4 Å². The minimum Gasteiger partial charge on any atom is -0.455 e. The Morgan fingerprint density at radius 3 is 2.59 bits per heavy atom. The van der Waals surface area contributed by atoms with Crippen LogP contribution in [-0.2, 0) is 20.9 Å². The van der Waals surface area contributed by atoms with Gasteiger partial charge in [0.25, 0.3) is 5.91 Å². The number of halogens is 2. The van der Waals surface area contributed by atoms with E-state index in [9.17, 15) is 14.0 Å². The molecule has 1 aliphatic heterocycles. The lowest BCUT2D eigenvalue weighted by Gasteiger charge is -2.30. The summed E-state index contributed by atoms with van der Waals surface area (Å²) < 4.78 is 19.1. The summed E-state index contributed by atoms with van der Waals surface area (Å²) in [6.07, 6.45) is 4.57. The van der Waals surface area contributed by atoms with Gasteiger partial charge in [0.05, 0.1) is 5.92 Å². The van der Waals surface area contributed by atoms with Gasteiger partial charge in [0.15, 0.2) is 6.61 Å². The van der Waals surface area contributed by atoms with E-state index in [2.05, 4.69) is 9.97 Å². The maximum absolute atomic E-state index is 13.9. The van der Waals surface area contributed by atoms with Gasteiger partial charge in [-0.05, 0) is 31.0 Å². The first kappa shape index (κ1) is 21.0. The van der Waals surface area contributed by atoms with Gasteiger partial charge < -0.3 is 14.5 Å². The number of rotatable bonds is 6. The summed E-state index contributed by atoms with van der Waals surface area (Å²) in [6, 6.07) is 6.10. The van der Waals surface area contributed by atoms with Gasteiger partial charge in [-0.3, -0.25) is 9.59 Å². The predicted octanol–water partition coefficient (Wildman–Crippen LogP) is 2.69. The van der Waals surface area contributed by atoms with Crippen molar-refractivity contribution in [1.82, 2.24) is 14.9 Å². The number of ether oxygens (including phenoxy) is 1. The third-order valence-corrected chi connectivity index (χ3v) is 5.24. The van der Waals surface area contributed by atoms with Crippen LogP contribution in [0.3, 0.4) is 0 Å². The van der Waals surface area contributed by atoms with Crippen LogP contribution in [0.5, 0.6) is 0 Å². The van der Waals surface area contributed by atoms with E-state index in [1.54, 1.807) is 24.5 Å². The van der Waals surface area contributed by atoms with E-state index in [1.165, 1.54) is 24.1 Å². The van der Waals surface area contributed by atoms with Crippen LogP contribution in [0.25, 0.3) is 0 Å². The van der Waals surface area contributed by atoms with E-state index >= 15 is 0 Å². The molecule has 1 aromatic carbocycles. The van der Waals surface area contributed by atoms with Crippen LogP contribution in [0.15, 0.2) is 36.7 Å². The van der Waals surface area contributed by atoms with Crippen LogP contribution in [0, 0.1) is 11.7 Å². The Balaban J connectivity index is 1.45. The highest BCUT2D eigenvalue weighted by atomic mass is 35.5. The van der Waals surface area contributed by atoms with E-state index in [0.29, 0.717) is 31.9 Å². The molecule has 7 nitrogen and oxygen atoms in total. The number of anilines is 1. The van der Waals surface area contributed by atoms with Crippen molar-refractivity contribution in [2.45, 2.75) is 19.4 Å². The summed E-state index contributed by atoms with van der Waals surface area (Å²) in [5, 5.41) is 0.246. The smallest absolute Gasteiger partial charge is 0.309 e. The van der Waals surface area contributed by atoms with Crippen molar-refractivity contribution in [3.8, 4) is 0 Å². The Morgan fingerprint density at radius 1 is 1.24 bits per heavy atom. The van der Waals surface area contributed by atoms with Crippen LogP contribution in [-0.4, -0.2) is 53.5 Å². The predicted molar refractivity (Wildman–Crippen MR) is 106 cm³/mol. The van der Waals surface area contributed by atoms with E-state index in [0.717, 1.165) is 0 Å². The maximum Gasteiger partial charge on any atom is 0.309 e. The normalized spacial score (nSPS) is 14.5. The Kier molecular flexibility index (Phi) is 6.98. The van der Waals surface area contributed by atoms with Crippen molar-refractivity contribution in [3.63, 3.8) is 0 Å². The monoisotopic (exact) mass is 420 g/mol. The number of hydrogen-bond donors (Lipinski definition) is 0. The summed E-state index contributed by atoms with van der Waals surface area (Å²) in [5.74, 6) is -0.933. The van der Waals surface area contributed by atoms with Gasteiger partial charge in [-0.25, -0.2) is 14.4 Å². The Labute approximate surface area is 173 Å². The van der Waals surface area contributed by atoms with Gasteiger partial charge in [0.1, 0.15) is 5.82 Å². The molecule has 1 aliphatic rings. The second-order valence-corrected chi connectivity index (χ2v) is 7.28. The fourth-order valence-corrected chi connectivity index (χ4v) is 3.36. The largest absolute Gasteiger partial charge is 0.455 e. The number of nitrogens with zero attached hydrogens (tertiary/aromatic N) is 4. The number of piperidine rings is 1. The molecule has 0 N–H and O–H groups in total. The summed E-state index contributed by atoms with van der Waals surface area (Å²) in [4.78, 5) is 36.3. The number of hydrogen-bond acceptors (Lipinski definition) is 6. The average Bonchev–Trinajstić information content (AvgIpc) is 2.75. The third kappa shape index (κ3) is 5.41. The molecule has 2 aromatic rings. The number of carbonyl (C=O) groups is 2. The molecule has 3 rings (SSSR count). The fraction of sp³-hybridized carbons (Fsp3) is 0.400. The summed E-state index contributed by atoms with van der Waals surface area (Å²) in [7, 11) is 1.51. The topological polar surface area (TPSA) is 75.6 Å². The Hall–Kier alpha value is -2.74. The van der Waals surface area contributed by atoms with Gasteiger partial charge in [-0.2, -0.15) is 0 Å². The molecule has 1 saturated heterocycles. The fourth-order valence-electron chi connectivity index (χ4n) is 3.14. The minimum atomic E-state index is -0.483. The van der Waals surface area contributed by atoms with Crippen molar-refractivity contribution >= 4 is 29.4 Å². The Morgan fingerprint density at radius 2 is 1.93 bits per heavy atom. The molecular formula is C20H22ClFN4O3. The molecule has 0 atom stereocenters. The highest BCUT2D eigenvalue weighted by Crippen LogP contribution is 2.22. The number of esters is 1. The SMILES string of the molecule is CN(Cc1c(F)cccc1Cl)C(=O)COC(=O)C1CCN(c2ncccn2)CC1. The van der Waals surface area contributed by atoms with Gasteiger partial charge >= 0.3 is 5.97 Å². The van der Waals surface area contributed by atoms with Crippen molar-refractivity contribution in [3.05, 3.63) is 53.1 Å². The number of benzene rings is 1. The molecule has 29 heavy (non-hydrogen) atoms. The lowest BCUT2D eigenvalue weighted by molar-refractivity contribution is -0.155. The summed E-state index contributed by atoms with van der Waals surface area (Å²) in [5.41, 5.74) is 0.229. The second kappa shape index (κ2) is 9.65. The highest BCUT2D eigenvalue weighted by Gasteiger charge is 2.28. The van der Waals surface area contributed by atoms with E-state index < -0.39 is 17.7 Å². The average molecular weight is 421 g/mol. The standard InChI is InChI=1S/C20H22ClFN4O3/c1-25(12-15-16(21)4-2-5-17(15)22)18(27)13-29-19(28)14-6-10-26(11-7-14)20-23-8-3-9-24-20/h2-5,8-9,14H,6-7,10-13H2,1H3. The third-order valence-electron chi connectivity index (χ3n) is 4.88. The van der Waals surface area contributed by atoms with Crippen LogP contribution in [0.4, 0.5) is 10.3 Å². The zero-order chi connectivity index (χ0) is 20.8. The van der Waals surface area contributed by atoms with Crippen molar-refractivity contribution < 1.29 is 18.7 Å². The molecular weight excluding hydrogens is 399 g/mol. The van der Waals surface area contributed by atoms with E-state index in [-0.39, 0.29) is 29.7 Å². The van der Waals surface area contributed by atoms with E-state index in [1.807, 2.05) is 4.90 Å². The first-order valence-electron chi connectivity index (χ1n) is 9.31. The van der Waals surface area contributed by atoms with Gasteiger partial charge in [-0.1, -0.05) is 17.7 Å². The van der Waals surface area contributed by atoms with Crippen molar-refractivity contribution in [2.24, 2.45) is 5.92 Å². The molecule has 154 valence electrons. The lowest BCUT2D eigenvalue weighted by atomic mass is 9.97. The molecule has 1 aromatic heterocycles. The van der Waals surface area contributed by atoms with Crippen LogP contribution in [0.2, 0.25) is 5.02 Å². The molecule has 0 spiro atoms. The van der Waals surface area contributed by atoms with Crippen LogP contribution >= 0.6 is 11.6 Å². The molecule has 0 unspecified atom stereocenters. The zero-order valence-electron chi connectivity index (χ0n) is 16.1. The van der Waals surface area contributed by atoms with Crippen LogP contribution < -0.4 is 4.90 Å². The lowest BCUT2D eigenvalue weighted by Crippen LogP contribution is -2.39. The van der Waals surface area contributed by atoms with Crippen molar-refractivity contribution in [1.29, 1.82) is 0 Å². The number of aromatic nitrogens is 2. The minimum absolute atomic E-state index is 0.00262. The second-order valence-electron chi connectivity index (χ2n) is 6.87. The maximum atomic E-state index is 13.9. The molecule has 0 aliphatic carbocycles. The molecule has 0 radical (unpaired) electrons. The molecule has 1 amide bonds. The molecule has 2 heterocycles. The molecule has 0 bridgehead atoms. The summed E-state index contributed by atoms with van der Waals surface area (Å²) >= 11 is 5.99. The number of carbonyl (C=O) groups excluding carboxylic acids is 2. The number of amides is 1. The van der Waals surface area contributed by atoms with Gasteiger partial charge in [0, 0.05) is 49.7 Å². The van der Waals surface area contributed by atoms with E-state index in [4.69, 9.17) is 16.3 Å². The molecule has 0 saturated carbocycles. The first-order valence-corrected chi connectivity index (χ1v) is 9.69. The molecule has 9 heteroatoms.